The molecule has 9 heteroatoms. The number of nitrogens with one attached hydrogen (secondary N) is 1. The smallest absolute Gasteiger partial charge is 0.263 e. The molecule has 2 rings (SSSR count). The number of hydrogen-bond donors (Lipinski definition) is 1. The summed E-state index contributed by atoms with van der Waals surface area (Å²) < 4.78 is 65.6. The molecule has 20 heavy (non-hydrogen) atoms. The first-order valence-electron chi connectivity index (χ1n) is 5.09. The molecule has 0 aliphatic rings. The van der Waals surface area contributed by atoms with Crippen LogP contribution in [0.15, 0.2) is 39.8 Å². The van der Waals surface area contributed by atoms with Crippen molar-refractivity contribution in [1.29, 1.82) is 0 Å². The molecule has 106 valence electrons. The maximum absolute atomic E-state index is 13.5. The average Bonchev–Trinajstić information content (AvgIpc) is 2.35. The van der Waals surface area contributed by atoms with Gasteiger partial charge in [0.25, 0.3) is 10.0 Å². The molecule has 0 aliphatic heterocycles. The number of pyridine rings is 1. The van der Waals surface area contributed by atoms with E-state index in [1.165, 1.54) is 12.3 Å². The molecule has 1 aromatic carbocycles. The van der Waals surface area contributed by atoms with Gasteiger partial charge in [0.15, 0.2) is 17.5 Å². The van der Waals surface area contributed by atoms with Gasteiger partial charge in [-0.05, 0) is 24.3 Å². The molecule has 0 bridgehead atoms. The van der Waals surface area contributed by atoms with Gasteiger partial charge >= 0.3 is 0 Å². The number of halogens is 4. The Bertz CT molecular complexity index is 768. The summed E-state index contributed by atoms with van der Waals surface area (Å²) in [4.78, 5) is 2.71. The molecule has 0 radical (unpaired) electrons. The van der Waals surface area contributed by atoms with Gasteiger partial charge in [-0.15, -0.1) is 0 Å². The van der Waals surface area contributed by atoms with Crippen molar-refractivity contribution >= 4 is 31.8 Å². The zero-order valence-corrected chi connectivity index (χ0v) is 12.0. The van der Waals surface area contributed by atoms with Gasteiger partial charge in [-0.1, -0.05) is 15.9 Å². The molecule has 0 spiro atoms. The van der Waals surface area contributed by atoms with E-state index in [-0.39, 0.29) is 5.82 Å². The lowest BCUT2D eigenvalue weighted by molar-refractivity contribution is 0.432. The molecule has 0 saturated heterocycles. The van der Waals surface area contributed by atoms with Crippen LogP contribution in [0.25, 0.3) is 0 Å². The number of sulfonamides is 1. The van der Waals surface area contributed by atoms with E-state index in [9.17, 15) is 21.6 Å². The summed E-state index contributed by atoms with van der Waals surface area (Å²) >= 11 is 3.10. The molecule has 1 aromatic heterocycles. The van der Waals surface area contributed by atoms with E-state index in [0.29, 0.717) is 16.6 Å². The topological polar surface area (TPSA) is 59.1 Å². The van der Waals surface area contributed by atoms with Crippen molar-refractivity contribution in [2.45, 2.75) is 4.90 Å². The Labute approximate surface area is 120 Å². The molecule has 1 heterocycles. The highest BCUT2D eigenvalue weighted by Gasteiger charge is 2.24. The first kappa shape index (κ1) is 14.8. The number of hydrogen-bond acceptors (Lipinski definition) is 3. The van der Waals surface area contributed by atoms with Crippen molar-refractivity contribution in [2.24, 2.45) is 0 Å². The minimum Gasteiger partial charge on any atom is -0.263 e. The fourth-order valence-corrected chi connectivity index (χ4v) is 2.77. The molecule has 4 nitrogen and oxygen atoms in total. The Morgan fingerprint density at radius 3 is 2.45 bits per heavy atom. The predicted octanol–water partition coefficient (Wildman–Crippen LogP) is 3.06. The summed E-state index contributed by atoms with van der Waals surface area (Å²) in [5, 5.41) is 0. The lowest BCUT2D eigenvalue weighted by Gasteiger charge is -2.08. The predicted molar refractivity (Wildman–Crippen MR) is 69.1 cm³/mol. The Morgan fingerprint density at radius 2 is 1.80 bits per heavy atom. The lowest BCUT2D eigenvalue weighted by atomic mass is 10.3. The van der Waals surface area contributed by atoms with Gasteiger partial charge in [-0.3, -0.25) is 4.72 Å². The van der Waals surface area contributed by atoms with Gasteiger partial charge in [0, 0.05) is 10.7 Å². The van der Waals surface area contributed by atoms with E-state index in [1.54, 1.807) is 6.07 Å². The van der Waals surface area contributed by atoms with Gasteiger partial charge in [-0.2, -0.15) is 0 Å². The molecule has 1 N–H and O–H groups in total. The minimum absolute atomic E-state index is 0.0940. The largest absolute Gasteiger partial charge is 0.266 e. The number of anilines is 1. The van der Waals surface area contributed by atoms with Crippen LogP contribution in [-0.2, 0) is 10.0 Å². The van der Waals surface area contributed by atoms with Gasteiger partial charge in [-0.25, -0.2) is 26.6 Å². The molecule has 0 fully saturated rings. The second-order valence-electron chi connectivity index (χ2n) is 3.64. The van der Waals surface area contributed by atoms with Crippen LogP contribution in [0.3, 0.4) is 0 Å². The molecule has 2 aromatic rings. The SMILES string of the molecule is O=S(=O)(Nc1cc(Br)ccn1)c1ccc(F)c(F)c1F. The molecule has 0 unspecified atom stereocenters. The van der Waals surface area contributed by atoms with Crippen molar-refractivity contribution in [2.75, 3.05) is 4.72 Å². The summed E-state index contributed by atoms with van der Waals surface area (Å²) in [5.41, 5.74) is 0. The first-order valence-corrected chi connectivity index (χ1v) is 7.37. The van der Waals surface area contributed by atoms with Crippen LogP contribution in [0.1, 0.15) is 0 Å². The number of benzene rings is 1. The summed E-state index contributed by atoms with van der Waals surface area (Å²) in [6.45, 7) is 0. The van der Waals surface area contributed by atoms with E-state index < -0.39 is 32.4 Å². The maximum Gasteiger partial charge on any atom is 0.266 e. The van der Waals surface area contributed by atoms with E-state index in [4.69, 9.17) is 0 Å². The van der Waals surface area contributed by atoms with Crippen LogP contribution in [0.4, 0.5) is 19.0 Å². The van der Waals surface area contributed by atoms with E-state index >= 15 is 0 Å². The highest BCUT2D eigenvalue weighted by molar-refractivity contribution is 9.10. The van der Waals surface area contributed by atoms with Gasteiger partial charge in [0.1, 0.15) is 10.7 Å². The summed E-state index contributed by atoms with van der Waals surface area (Å²) in [5.74, 6) is -5.20. The summed E-state index contributed by atoms with van der Waals surface area (Å²) in [6.07, 6.45) is 1.31. The van der Waals surface area contributed by atoms with Crippen molar-refractivity contribution in [3.63, 3.8) is 0 Å². The number of aromatic nitrogens is 1. The van der Waals surface area contributed by atoms with E-state index in [1.807, 2.05) is 4.72 Å². The second kappa shape index (κ2) is 5.41. The molecule has 0 aliphatic carbocycles. The maximum atomic E-state index is 13.5. The second-order valence-corrected chi connectivity index (χ2v) is 6.20. The van der Waals surface area contributed by atoms with Gasteiger partial charge < -0.3 is 0 Å². The van der Waals surface area contributed by atoms with Crippen LogP contribution in [0, 0.1) is 17.5 Å². The van der Waals surface area contributed by atoms with E-state index in [0.717, 1.165) is 0 Å². The highest BCUT2D eigenvalue weighted by atomic mass is 79.9. The fourth-order valence-electron chi connectivity index (χ4n) is 1.37. The summed E-state index contributed by atoms with van der Waals surface area (Å²) in [7, 11) is -4.42. The Morgan fingerprint density at radius 1 is 1.10 bits per heavy atom. The van der Waals surface area contributed by atoms with Crippen molar-refractivity contribution in [1.82, 2.24) is 4.98 Å². The molecule has 0 atom stereocenters. The quantitative estimate of drug-likeness (QED) is 0.849. The van der Waals surface area contributed by atoms with Crippen LogP contribution in [0.5, 0.6) is 0 Å². The van der Waals surface area contributed by atoms with Crippen LogP contribution in [-0.4, -0.2) is 13.4 Å². The minimum atomic E-state index is -4.42. The zero-order valence-electron chi connectivity index (χ0n) is 9.57. The molecule has 0 saturated carbocycles. The third-order valence-corrected chi connectivity index (χ3v) is 4.12. The van der Waals surface area contributed by atoms with Crippen molar-refractivity contribution < 1.29 is 21.6 Å². The van der Waals surface area contributed by atoms with Crippen LogP contribution >= 0.6 is 15.9 Å². The Balaban J connectivity index is 2.44. The van der Waals surface area contributed by atoms with E-state index in [2.05, 4.69) is 20.9 Å². The number of rotatable bonds is 3. The van der Waals surface area contributed by atoms with Crippen molar-refractivity contribution in [3.8, 4) is 0 Å². The Kier molecular flexibility index (Phi) is 4.00. The monoisotopic (exact) mass is 366 g/mol. The fraction of sp³-hybridized carbons (Fsp3) is 0. The normalized spacial score (nSPS) is 11.4. The lowest BCUT2D eigenvalue weighted by Crippen LogP contribution is -2.16. The Hall–Kier alpha value is -1.61. The average molecular weight is 367 g/mol. The molecule has 0 amide bonds. The van der Waals surface area contributed by atoms with Crippen LogP contribution in [0.2, 0.25) is 0 Å². The summed E-state index contributed by atoms with van der Waals surface area (Å²) in [6, 6.07) is 4.04. The third kappa shape index (κ3) is 2.93. The van der Waals surface area contributed by atoms with Crippen molar-refractivity contribution in [3.05, 3.63) is 52.4 Å². The zero-order chi connectivity index (χ0) is 14.9. The number of nitrogens with zero attached hydrogens (tertiary/aromatic N) is 1. The van der Waals surface area contributed by atoms with Gasteiger partial charge in [0.2, 0.25) is 0 Å². The van der Waals surface area contributed by atoms with Gasteiger partial charge in [0.05, 0.1) is 0 Å². The third-order valence-electron chi connectivity index (χ3n) is 2.25. The first-order chi connectivity index (χ1) is 9.31. The highest BCUT2D eigenvalue weighted by Crippen LogP contribution is 2.22. The molecular weight excluding hydrogens is 361 g/mol. The molecular formula is C11H6BrF3N2O2S. The standard InChI is InChI=1S/C11H6BrF3N2O2S/c12-6-3-4-16-9(5-6)17-20(18,19)8-2-1-7(13)10(14)11(8)15/h1-5H,(H,16,17). The van der Waals surface area contributed by atoms with Crippen LogP contribution < -0.4 is 4.72 Å².